The summed E-state index contributed by atoms with van der Waals surface area (Å²) in [7, 11) is 0. The molecule has 1 fully saturated rings. The molecule has 1 aliphatic heterocycles. The fourth-order valence-corrected chi connectivity index (χ4v) is 4.10. The third-order valence-electron chi connectivity index (χ3n) is 3.96. The number of nitrogens with one attached hydrogen (secondary N) is 1. The van der Waals surface area contributed by atoms with Gasteiger partial charge in [0.05, 0.1) is 3.79 Å². The van der Waals surface area contributed by atoms with Crippen LogP contribution in [0.1, 0.15) is 30.2 Å². The SMILES string of the molecule is Brc1ccc([C@H](CCNC2CC2)Oc2cccc3c2OCO3)s1. The number of halogens is 1. The maximum Gasteiger partial charge on any atom is 0.231 e. The van der Waals surface area contributed by atoms with Crippen LogP contribution >= 0.6 is 27.3 Å². The molecule has 1 saturated carbocycles. The molecular weight excluding hydrogens is 378 g/mol. The van der Waals surface area contributed by atoms with Gasteiger partial charge in [-0.15, -0.1) is 11.3 Å². The minimum atomic E-state index is 0.00764. The lowest BCUT2D eigenvalue weighted by Crippen LogP contribution is -2.21. The molecule has 1 aliphatic carbocycles. The molecule has 0 bridgehead atoms. The number of benzene rings is 1. The highest BCUT2D eigenvalue weighted by Gasteiger charge is 2.24. The summed E-state index contributed by atoms with van der Waals surface area (Å²) in [5.74, 6) is 2.22. The predicted molar refractivity (Wildman–Crippen MR) is 93.6 cm³/mol. The van der Waals surface area contributed by atoms with Gasteiger partial charge >= 0.3 is 0 Å². The normalized spacial score (nSPS) is 17.3. The van der Waals surface area contributed by atoms with E-state index in [0.29, 0.717) is 11.8 Å². The van der Waals surface area contributed by atoms with Crippen molar-refractivity contribution in [1.29, 1.82) is 0 Å². The predicted octanol–water partition coefficient (Wildman–Crippen LogP) is 4.50. The molecule has 4 rings (SSSR count). The van der Waals surface area contributed by atoms with Crippen LogP contribution in [0.4, 0.5) is 0 Å². The molecule has 2 heterocycles. The molecule has 0 radical (unpaired) electrons. The highest BCUT2D eigenvalue weighted by Crippen LogP contribution is 2.43. The van der Waals surface area contributed by atoms with E-state index in [1.807, 2.05) is 18.2 Å². The summed E-state index contributed by atoms with van der Waals surface area (Å²) in [6.45, 7) is 1.21. The molecule has 6 heteroatoms. The van der Waals surface area contributed by atoms with Crippen molar-refractivity contribution in [2.45, 2.75) is 31.4 Å². The van der Waals surface area contributed by atoms with Crippen LogP contribution in [-0.4, -0.2) is 19.4 Å². The van der Waals surface area contributed by atoms with Crippen molar-refractivity contribution in [3.8, 4) is 17.2 Å². The van der Waals surface area contributed by atoms with Crippen LogP contribution in [0.3, 0.4) is 0 Å². The molecule has 0 amide bonds. The average Bonchev–Trinajstić information content (AvgIpc) is 3.06. The van der Waals surface area contributed by atoms with Crippen molar-refractivity contribution >= 4 is 27.3 Å². The lowest BCUT2D eigenvalue weighted by atomic mass is 10.2. The molecule has 1 aromatic heterocycles. The van der Waals surface area contributed by atoms with Gasteiger partial charge in [0.25, 0.3) is 0 Å². The molecule has 1 atom stereocenters. The Morgan fingerprint density at radius 3 is 2.96 bits per heavy atom. The molecule has 1 aromatic carbocycles. The maximum absolute atomic E-state index is 6.30. The van der Waals surface area contributed by atoms with Gasteiger partial charge in [0.1, 0.15) is 6.10 Å². The van der Waals surface area contributed by atoms with Gasteiger partial charge in [-0.05, 0) is 59.6 Å². The van der Waals surface area contributed by atoms with Crippen LogP contribution in [0, 0.1) is 0 Å². The minimum absolute atomic E-state index is 0.00764. The smallest absolute Gasteiger partial charge is 0.231 e. The number of thiophene rings is 1. The van der Waals surface area contributed by atoms with Crippen molar-refractivity contribution in [2.75, 3.05) is 13.3 Å². The highest BCUT2D eigenvalue weighted by atomic mass is 79.9. The molecule has 4 nitrogen and oxygen atoms in total. The summed E-state index contributed by atoms with van der Waals surface area (Å²) in [4.78, 5) is 1.21. The van der Waals surface area contributed by atoms with E-state index >= 15 is 0 Å². The molecular formula is C17H18BrNO3S. The third-order valence-corrected chi connectivity index (χ3v) is 5.67. The van der Waals surface area contributed by atoms with E-state index in [-0.39, 0.29) is 12.9 Å². The Bertz CT molecular complexity index is 686. The van der Waals surface area contributed by atoms with Crippen LogP contribution in [0.25, 0.3) is 0 Å². The van der Waals surface area contributed by atoms with E-state index in [4.69, 9.17) is 14.2 Å². The number of rotatable bonds is 7. The monoisotopic (exact) mass is 395 g/mol. The van der Waals surface area contributed by atoms with Crippen LogP contribution in [-0.2, 0) is 0 Å². The first-order valence-corrected chi connectivity index (χ1v) is 9.44. The van der Waals surface area contributed by atoms with E-state index in [1.165, 1.54) is 17.7 Å². The van der Waals surface area contributed by atoms with Gasteiger partial charge in [0.2, 0.25) is 12.5 Å². The summed E-state index contributed by atoms with van der Waals surface area (Å²) in [6, 6.07) is 10.7. The maximum atomic E-state index is 6.30. The molecule has 1 N–H and O–H groups in total. The summed E-state index contributed by atoms with van der Waals surface area (Å²) < 4.78 is 18.4. The molecule has 0 spiro atoms. The van der Waals surface area contributed by atoms with Crippen molar-refractivity contribution in [3.63, 3.8) is 0 Å². The van der Waals surface area contributed by atoms with E-state index in [0.717, 1.165) is 28.3 Å². The van der Waals surface area contributed by atoms with Crippen LogP contribution in [0.5, 0.6) is 17.2 Å². The number of ether oxygens (including phenoxy) is 3. The molecule has 2 aromatic rings. The van der Waals surface area contributed by atoms with E-state index in [1.54, 1.807) is 11.3 Å². The third kappa shape index (κ3) is 3.65. The summed E-state index contributed by atoms with van der Waals surface area (Å²) >= 11 is 5.25. The van der Waals surface area contributed by atoms with Gasteiger partial charge in [0.15, 0.2) is 11.5 Å². The van der Waals surface area contributed by atoms with Crippen LogP contribution < -0.4 is 19.5 Å². The second kappa shape index (κ2) is 6.71. The van der Waals surface area contributed by atoms with Gasteiger partial charge < -0.3 is 19.5 Å². The Balaban J connectivity index is 1.51. The number of fused-ring (bicyclic) bond motifs is 1. The topological polar surface area (TPSA) is 39.7 Å². The fraction of sp³-hybridized carbons (Fsp3) is 0.412. The second-order valence-corrected chi connectivity index (χ2v) is 8.25. The van der Waals surface area contributed by atoms with Gasteiger partial charge in [-0.1, -0.05) is 6.07 Å². The Hall–Kier alpha value is -1.24. The molecule has 0 unspecified atom stereocenters. The summed E-state index contributed by atoms with van der Waals surface area (Å²) in [5.41, 5.74) is 0. The van der Waals surface area contributed by atoms with E-state index in [9.17, 15) is 0 Å². The Labute approximate surface area is 147 Å². The first kappa shape index (κ1) is 15.3. The molecule has 122 valence electrons. The lowest BCUT2D eigenvalue weighted by molar-refractivity contribution is 0.159. The van der Waals surface area contributed by atoms with Gasteiger partial charge in [-0.3, -0.25) is 0 Å². The van der Waals surface area contributed by atoms with Crippen molar-refractivity contribution in [1.82, 2.24) is 5.32 Å². The van der Waals surface area contributed by atoms with Gasteiger partial charge in [-0.25, -0.2) is 0 Å². The Kier molecular flexibility index (Phi) is 4.46. The standard InChI is InChI=1S/C17H18BrNO3S/c18-16-7-6-15(23-16)12(8-9-19-11-4-5-11)22-14-3-1-2-13-17(14)21-10-20-13/h1-3,6-7,11-12,19H,4-5,8-10H2/t12-/m0/s1. The van der Waals surface area contributed by atoms with Crippen LogP contribution in [0.15, 0.2) is 34.1 Å². The number of hydrogen-bond acceptors (Lipinski definition) is 5. The minimum Gasteiger partial charge on any atom is -0.481 e. The first-order chi connectivity index (χ1) is 11.3. The first-order valence-electron chi connectivity index (χ1n) is 7.83. The molecule has 0 saturated heterocycles. The van der Waals surface area contributed by atoms with Crippen molar-refractivity contribution in [3.05, 3.63) is 39.0 Å². The summed E-state index contributed by atoms with van der Waals surface area (Å²) in [5, 5.41) is 3.56. The average molecular weight is 396 g/mol. The molecule has 23 heavy (non-hydrogen) atoms. The van der Waals surface area contributed by atoms with Gasteiger partial charge in [0, 0.05) is 17.3 Å². The van der Waals surface area contributed by atoms with E-state index < -0.39 is 0 Å². The zero-order valence-electron chi connectivity index (χ0n) is 12.6. The summed E-state index contributed by atoms with van der Waals surface area (Å²) in [6.07, 6.45) is 3.53. The van der Waals surface area contributed by atoms with Crippen LogP contribution in [0.2, 0.25) is 0 Å². The zero-order valence-corrected chi connectivity index (χ0v) is 15.0. The fourth-order valence-electron chi connectivity index (χ4n) is 2.62. The number of hydrogen-bond donors (Lipinski definition) is 1. The van der Waals surface area contributed by atoms with Crippen molar-refractivity contribution < 1.29 is 14.2 Å². The second-order valence-electron chi connectivity index (χ2n) is 5.76. The molecule has 2 aliphatic rings. The van der Waals surface area contributed by atoms with E-state index in [2.05, 4.69) is 33.4 Å². The highest BCUT2D eigenvalue weighted by molar-refractivity contribution is 9.11. The largest absolute Gasteiger partial charge is 0.481 e. The lowest BCUT2D eigenvalue weighted by Gasteiger charge is -2.19. The quantitative estimate of drug-likeness (QED) is 0.748. The Morgan fingerprint density at radius 2 is 2.17 bits per heavy atom. The Morgan fingerprint density at radius 1 is 1.26 bits per heavy atom. The van der Waals surface area contributed by atoms with Crippen molar-refractivity contribution in [2.24, 2.45) is 0 Å². The number of para-hydroxylation sites is 1. The zero-order chi connectivity index (χ0) is 15.6. The van der Waals surface area contributed by atoms with Gasteiger partial charge in [-0.2, -0.15) is 0 Å².